The second kappa shape index (κ2) is 4.48. The standard InChI is InChI=1S/C7H10BrF3N4/c1-15-5(6(8)13-14-15)4(12)2-3-7(9,10)11/h4H,2-3,12H2,1H3. The summed E-state index contributed by atoms with van der Waals surface area (Å²) in [6, 6.07) is -0.721. The highest BCUT2D eigenvalue weighted by Crippen LogP contribution is 2.28. The van der Waals surface area contributed by atoms with E-state index in [9.17, 15) is 13.2 Å². The van der Waals surface area contributed by atoms with Crippen molar-refractivity contribution in [1.29, 1.82) is 0 Å². The Morgan fingerprint density at radius 3 is 2.53 bits per heavy atom. The Labute approximate surface area is 92.8 Å². The van der Waals surface area contributed by atoms with E-state index in [4.69, 9.17) is 5.73 Å². The number of rotatable bonds is 3. The summed E-state index contributed by atoms with van der Waals surface area (Å²) in [6.45, 7) is 0. The van der Waals surface area contributed by atoms with E-state index in [1.165, 1.54) is 4.68 Å². The van der Waals surface area contributed by atoms with Crippen LogP contribution >= 0.6 is 15.9 Å². The summed E-state index contributed by atoms with van der Waals surface area (Å²) in [7, 11) is 1.58. The second-order valence-corrected chi connectivity index (χ2v) is 3.90. The van der Waals surface area contributed by atoms with Crippen molar-refractivity contribution in [2.75, 3.05) is 0 Å². The van der Waals surface area contributed by atoms with Crippen LogP contribution in [0.4, 0.5) is 13.2 Å². The summed E-state index contributed by atoms with van der Waals surface area (Å²) in [5.41, 5.74) is 6.09. The lowest BCUT2D eigenvalue weighted by molar-refractivity contribution is -0.136. The number of hydrogen-bond acceptors (Lipinski definition) is 3. The molecular weight excluding hydrogens is 277 g/mol. The molecule has 0 aliphatic carbocycles. The molecule has 1 atom stereocenters. The molecule has 86 valence electrons. The molecule has 1 aromatic heterocycles. The van der Waals surface area contributed by atoms with Crippen LogP contribution in [0.1, 0.15) is 24.6 Å². The van der Waals surface area contributed by atoms with Crippen LogP contribution in [0.25, 0.3) is 0 Å². The molecule has 0 saturated heterocycles. The SMILES string of the molecule is Cn1nnc(Br)c1C(N)CCC(F)(F)F. The first-order valence-corrected chi connectivity index (χ1v) is 4.98. The molecule has 0 aliphatic rings. The van der Waals surface area contributed by atoms with E-state index in [1.807, 2.05) is 0 Å². The maximum absolute atomic E-state index is 12.0. The average molecular weight is 287 g/mol. The van der Waals surface area contributed by atoms with Crippen LogP contribution in [0.3, 0.4) is 0 Å². The molecular formula is C7H10BrF3N4. The van der Waals surface area contributed by atoms with Crippen LogP contribution in [0.2, 0.25) is 0 Å². The number of aromatic nitrogens is 3. The van der Waals surface area contributed by atoms with E-state index in [-0.39, 0.29) is 6.42 Å². The lowest BCUT2D eigenvalue weighted by Gasteiger charge is -2.13. The minimum Gasteiger partial charge on any atom is -0.323 e. The summed E-state index contributed by atoms with van der Waals surface area (Å²) in [5, 5.41) is 7.29. The molecule has 1 unspecified atom stereocenters. The Balaban J connectivity index is 2.65. The molecule has 4 nitrogen and oxygen atoms in total. The van der Waals surface area contributed by atoms with E-state index in [2.05, 4.69) is 26.2 Å². The molecule has 0 bridgehead atoms. The Bertz CT molecular complexity index is 316. The maximum atomic E-state index is 12.0. The van der Waals surface area contributed by atoms with Gasteiger partial charge in [-0.05, 0) is 22.4 Å². The topological polar surface area (TPSA) is 56.7 Å². The van der Waals surface area contributed by atoms with Crippen molar-refractivity contribution < 1.29 is 13.2 Å². The van der Waals surface area contributed by atoms with Gasteiger partial charge in [-0.2, -0.15) is 13.2 Å². The molecule has 0 saturated carbocycles. The van der Waals surface area contributed by atoms with E-state index < -0.39 is 18.6 Å². The van der Waals surface area contributed by atoms with Crippen molar-refractivity contribution in [3.63, 3.8) is 0 Å². The lowest BCUT2D eigenvalue weighted by atomic mass is 10.1. The van der Waals surface area contributed by atoms with Crippen molar-refractivity contribution in [3.05, 3.63) is 10.3 Å². The van der Waals surface area contributed by atoms with Gasteiger partial charge in [-0.1, -0.05) is 5.21 Å². The predicted octanol–water partition coefficient (Wildman–Crippen LogP) is 1.92. The normalized spacial score (nSPS) is 14.3. The first-order chi connectivity index (χ1) is 6.81. The second-order valence-electron chi connectivity index (χ2n) is 3.15. The minimum absolute atomic E-state index is 0.177. The summed E-state index contributed by atoms with van der Waals surface area (Å²) in [5.74, 6) is 0. The van der Waals surface area contributed by atoms with Gasteiger partial charge in [-0.25, -0.2) is 4.68 Å². The molecule has 1 heterocycles. The largest absolute Gasteiger partial charge is 0.389 e. The maximum Gasteiger partial charge on any atom is 0.389 e. The molecule has 8 heteroatoms. The van der Waals surface area contributed by atoms with Gasteiger partial charge in [0.2, 0.25) is 0 Å². The molecule has 1 aromatic rings. The fourth-order valence-corrected chi connectivity index (χ4v) is 1.81. The van der Waals surface area contributed by atoms with Gasteiger partial charge >= 0.3 is 6.18 Å². The molecule has 0 aromatic carbocycles. The molecule has 0 fully saturated rings. The van der Waals surface area contributed by atoms with Crippen molar-refractivity contribution in [2.45, 2.75) is 25.1 Å². The highest BCUT2D eigenvalue weighted by atomic mass is 79.9. The lowest BCUT2D eigenvalue weighted by Crippen LogP contribution is -2.18. The monoisotopic (exact) mass is 286 g/mol. The summed E-state index contributed by atoms with van der Waals surface area (Å²) in [4.78, 5) is 0. The van der Waals surface area contributed by atoms with Crippen molar-refractivity contribution >= 4 is 15.9 Å². The highest BCUT2D eigenvalue weighted by Gasteiger charge is 2.29. The van der Waals surface area contributed by atoms with E-state index >= 15 is 0 Å². The number of nitrogens with two attached hydrogens (primary N) is 1. The van der Waals surface area contributed by atoms with Crippen LogP contribution in [-0.4, -0.2) is 21.2 Å². The molecule has 0 spiro atoms. The van der Waals surface area contributed by atoms with Gasteiger partial charge in [0, 0.05) is 19.5 Å². The number of halogens is 4. The first kappa shape index (κ1) is 12.4. The van der Waals surface area contributed by atoms with Gasteiger partial charge in [0.1, 0.15) is 0 Å². The Morgan fingerprint density at radius 2 is 2.13 bits per heavy atom. The van der Waals surface area contributed by atoms with Gasteiger partial charge < -0.3 is 5.73 Å². The fourth-order valence-electron chi connectivity index (χ4n) is 1.19. The van der Waals surface area contributed by atoms with Crippen molar-refractivity contribution in [3.8, 4) is 0 Å². The van der Waals surface area contributed by atoms with Crippen molar-refractivity contribution in [2.24, 2.45) is 12.8 Å². The fraction of sp³-hybridized carbons (Fsp3) is 0.714. The van der Waals surface area contributed by atoms with Crippen LogP contribution in [0.15, 0.2) is 4.60 Å². The quantitative estimate of drug-likeness (QED) is 0.924. The summed E-state index contributed by atoms with van der Waals surface area (Å²) in [6.07, 6.45) is -5.27. The van der Waals surface area contributed by atoms with Gasteiger partial charge in [0.05, 0.1) is 5.69 Å². The van der Waals surface area contributed by atoms with E-state index in [0.717, 1.165) is 0 Å². The zero-order valence-electron chi connectivity index (χ0n) is 7.92. The number of aryl methyl sites for hydroxylation is 1. The average Bonchev–Trinajstić information content (AvgIpc) is 2.41. The van der Waals surface area contributed by atoms with Crippen LogP contribution in [-0.2, 0) is 7.05 Å². The van der Waals surface area contributed by atoms with Gasteiger partial charge in [0.15, 0.2) is 4.60 Å². The van der Waals surface area contributed by atoms with Gasteiger partial charge in [-0.15, -0.1) is 5.10 Å². The molecule has 0 radical (unpaired) electrons. The van der Waals surface area contributed by atoms with Crippen LogP contribution < -0.4 is 5.73 Å². The van der Waals surface area contributed by atoms with Crippen LogP contribution in [0.5, 0.6) is 0 Å². The van der Waals surface area contributed by atoms with Crippen molar-refractivity contribution in [1.82, 2.24) is 15.0 Å². The Kier molecular flexibility index (Phi) is 3.72. The van der Waals surface area contributed by atoms with E-state index in [0.29, 0.717) is 10.3 Å². The molecule has 15 heavy (non-hydrogen) atoms. The highest BCUT2D eigenvalue weighted by molar-refractivity contribution is 9.10. The van der Waals surface area contributed by atoms with Crippen LogP contribution in [0, 0.1) is 0 Å². The van der Waals surface area contributed by atoms with Gasteiger partial charge in [0.25, 0.3) is 0 Å². The Hall–Kier alpha value is -0.630. The third-order valence-electron chi connectivity index (χ3n) is 1.92. The number of alkyl halides is 3. The molecule has 2 N–H and O–H groups in total. The smallest absolute Gasteiger partial charge is 0.323 e. The first-order valence-electron chi connectivity index (χ1n) is 4.18. The molecule has 0 aliphatic heterocycles. The zero-order valence-corrected chi connectivity index (χ0v) is 9.51. The summed E-state index contributed by atoms with van der Waals surface area (Å²) < 4.78 is 37.6. The van der Waals surface area contributed by atoms with E-state index in [1.54, 1.807) is 7.05 Å². The molecule has 0 amide bonds. The molecule has 1 rings (SSSR count). The number of nitrogens with zero attached hydrogens (tertiary/aromatic N) is 3. The minimum atomic E-state index is -4.18. The zero-order chi connectivity index (χ0) is 11.6. The number of hydrogen-bond donors (Lipinski definition) is 1. The van der Waals surface area contributed by atoms with Gasteiger partial charge in [-0.3, -0.25) is 0 Å². The third kappa shape index (κ3) is 3.45. The Morgan fingerprint density at radius 1 is 1.53 bits per heavy atom. The summed E-state index contributed by atoms with van der Waals surface area (Å²) >= 11 is 3.08. The third-order valence-corrected chi connectivity index (χ3v) is 2.48. The predicted molar refractivity (Wildman–Crippen MR) is 50.9 cm³/mol.